The van der Waals surface area contributed by atoms with E-state index in [1.807, 2.05) is 32.2 Å². The Bertz CT molecular complexity index is 2080. The molecular formula is C43H56N6O6S. The average Bonchev–Trinajstić information content (AvgIpc) is 3.45. The van der Waals surface area contributed by atoms with Gasteiger partial charge in [0.05, 0.1) is 47.5 Å². The minimum atomic E-state index is -0.844. The molecule has 2 amide bonds. The van der Waals surface area contributed by atoms with Crippen LogP contribution >= 0.6 is 11.3 Å². The molecule has 13 heteroatoms. The number of carbonyl (C=O) groups is 3. The fourth-order valence-electron chi connectivity index (χ4n) is 8.26. The highest BCUT2D eigenvalue weighted by Gasteiger charge is 2.49. The van der Waals surface area contributed by atoms with E-state index in [1.54, 1.807) is 13.3 Å². The molecule has 0 radical (unpaired) electrons. The molecule has 1 aromatic carbocycles. The Kier molecular flexibility index (Phi) is 11.7. The molecule has 2 N–H and O–H groups in total. The molecule has 7 rings (SSSR count). The van der Waals surface area contributed by atoms with Crippen LogP contribution in [0.4, 0.5) is 0 Å². The van der Waals surface area contributed by atoms with Crippen molar-refractivity contribution in [1.29, 1.82) is 0 Å². The van der Waals surface area contributed by atoms with Gasteiger partial charge in [0, 0.05) is 71.6 Å². The molecule has 2 aliphatic heterocycles. The summed E-state index contributed by atoms with van der Waals surface area (Å²) in [5.74, 6) is -0.405. The summed E-state index contributed by atoms with van der Waals surface area (Å²) in [7, 11) is 1.70. The van der Waals surface area contributed by atoms with Gasteiger partial charge in [0.25, 0.3) is 5.91 Å². The van der Waals surface area contributed by atoms with Gasteiger partial charge in [-0.1, -0.05) is 33.8 Å². The molecule has 1 saturated carbocycles. The zero-order chi connectivity index (χ0) is 39.9. The number of thiazole rings is 1. The lowest BCUT2D eigenvalue weighted by atomic mass is 9.84. The van der Waals surface area contributed by atoms with Crippen LogP contribution in [0, 0.1) is 23.2 Å². The molecule has 12 nitrogen and oxygen atoms in total. The Morgan fingerprint density at radius 2 is 1.95 bits per heavy atom. The molecule has 4 aromatic rings. The number of cyclic esters (lactones) is 1. The summed E-state index contributed by atoms with van der Waals surface area (Å²) < 4.78 is 20.4. The number of nitrogens with zero attached hydrogens (tertiary/aromatic N) is 4. The number of amides is 2. The molecule has 56 heavy (non-hydrogen) atoms. The monoisotopic (exact) mass is 784 g/mol. The van der Waals surface area contributed by atoms with Gasteiger partial charge >= 0.3 is 5.97 Å². The maximum Gasteiger partial charge on any atom is 0.324 e. The van der Waals surface area contributed by atoms with Crippen LogP contribution in [0.25, 0.3) is 33.4 Å². The summed E-state index contributed by atoms with van der Waals surface area (Å²) in [6, 6.07) is 8.98. The highest BCUT2D eigenvalue weighted by molar-refractivity contribution is 7.10. The number of ether oxygens (including phenoxy) is 3. The number of benzene rings is 1. The van der Waals surface area contributed by atoms with Crippen molar-refractivity contribution in [3.63, 3.8) is 0 Å². The van der Waals surface area contributed by atoms with E-state index < -0.39 is 23.5 Å². The van der Waals surface area contributed by atoms with Crippen LogP contribution in [0.3, 0.4) is 0 Å². The zero-order valence-electron chi connectivity index (χ0n) is 33.9. The first kappa shape index (κ1) is 40.0. The lowest BCUT2D eigenvalue weighted by Crippen LogP contribution is -2.60. The van der Waals surface area contributed by atoms with Gasteiger partial charge in [-0.2, -0.15) is 0 Å². The Hall–Kier alpha value is -4.17. The molecule has 6 atom stereocenters. The highest BCUT2D eigenvalue weighted by atomic mass is 32.1. The number of fused-ring (bicyclic) bond motifs is 6. The van der Waals surface area contributed by atoms with Crippen molar-refractivity contribution in [2.75, 3.05) is 26.9 Å². The fourth-order valence-corrected chi connectivity index (χ4v) is 9.11. The van der Waals surface area contributed by atoms with Crippen LogP contribution < -0.4 is 10.7 Å². The largest absolute Gasteiger partial charge is 0.464 e. The van der Waals surface area contributed by atoms with Crippen LogP contribution in [-0.4, -0.2) is 82.4 Å². The summed E-state index contributed by atoms with van der Waals surface area (Å²) in [5, 5.41) is 8.40. The Morgan fingerprint density at radius 1 is 1.16 bits per heavy atom. The van der Waals surface area contributed by atoms with E-state index in [-0.39, 0.29) is 54.8 Å². The van der Waals surface area contributed by atoms with Crippen LogP contribution in [0.15, 0.2) is 41.9 Å². The minimum Gasteiger partial charge on any atom is -0.464 e. The fraction of sp³-hybridized carbons (Fsp3) is 0.558. The van der Waals surface area contributed by atoms with Gasteiger partial charge in [0.2, 0.25) is 5.91 Å². The lowest BCUT2D eigenvalue weighted by molar-refractivity contribution is -0.155. The van der Waals surface area contributed by atoms with Gasteiger partial charge in [-0.15, -0.1) is 11.3 Å². The van der Waals surface area contributed by atoms with E-state index in [2.05, 4.69) is 67.3 Å². The van der Waals surface area contributed by atoms with Gasteiger partial charge in [0.1, 0.15) is 12.1 Å². The predicted octanol–water partition coefficient (Wildman–Crippen LogP) is 6.51. The number of carbonyl (C=O) groups excluding carboxylic acids is 3. The SMILES string of the molecule is CO[C@@H](C)c1ncccc1-c1c2c3cc(ccc3n1CCOC(C)C)-c1csc(n1)C[C@H](NC(=O)[C@H]1[C@H](C)[C@@H]1C)C(=O)N1CCC[C@H](N1)C(=O)OCC(C)(C)C2. The number of hydrazine groups is 1. The van der Waals surface area contributed by atoms with E-state index in [0.29, 0.717) is 39.0 Å². The van der Waals surface area contributed by atoms with Crippen LogP contribution in [0.2, 0.25) is 0 Å². The number of nitrogens with one attached hydrogen (secondary N) is 2. The topological polar surface area (TPSA) is 137 Å². The summed E-state index contributed by atoms with van der Waals surface area (Å²) in [5.41, 5.74) is 9.43. The number of methoxy groups -OCH3 is 1. The summed E-state index contributed by atoms with van der Waals surface area (Å²) in [6.45, 7) is 16.2. The van der Waals surface area contributed by atoms with Gasteiger partial charge in [-0.3, -0.25) is 24.4 Å². The zero-order valence-corrected chi connectivity index (χ0v) is 34.7. The first-order valence-corrected chi connectivity index (χ1v) is 20.9. The highest BCUT2D eigenvalue weighted by Crippen LogP contribution is 2.46. The van der Waals surface area contributed by atoms with Crippen LogP contribution in [-0.2, 0) is 48.0 Å². The van der Waals surface area contributed by atoms with Crippen molar-refractivity contribution in [3.05, 3.63) is 58.2 Å². The van der Waals surface area contributed by atoms with Crippen molar-refractivity contribution in [2.24, 2.45) is 23.2 Å². The number of hydrogen-bond acceptors (Lipinski definition) is 10. The third-order valence-electron chi connectivity index (χ3n) is 11.7. The number of aromatic nitrogens is 3. The smallest absolute Gasteiger partial charge is 0.324 e. The molecule has 1 aliphatic carbocycles. The van der Waals surface area contributed by atoms with Crippen molar-refractivity contribution in [1.82, 2.24) is 30.3 Å². The molecule has 1 saturated heterocycles. The number of hydrogen-bond donors (Lipinski definition) is 2. The van der Waals surface area contributed by atoms with E-state index in [9.17, 15) is 14.4 Å². The normalized spacial score (nSPS) is 24.5. The van der Waals surface area contributed by atoms with E-state index in [0.717, 1.165) is 49.7 Å². The van der Waals surface area contributed by atoms with E-state index in [4.69, 9.17) is 24.2 Å². The number of rotatable bonds is 9. The maximum absolute atomic E-state index is 14.2. The molecule has 3 aromatic heterocycles. The Labute approximate surface area is 333 Å². The first-order valence-electron chi connectivity index (χ1n) is 20.0. The van der Waals surface area contributed by atoms with Gasteiger partial charge in [0.15, 0.2) is 0 Å². The standard InChI is InChI=1S/C43H56N6O6S/c1-24(2)54-18-17-48-35-14-13-28-19-30(35)31(39(48)29-11-9-15-44-38(29)27(5)53-8)21-43(6,7)23-55-42(52)32-12-10-16-49(47-32)41(51)33(20-36-45-34(28)22-56-36)46-40(50)37-25(3)26(37)4/h9,11,13-15,19,22,24-27,32-33,37,47H,10,12,16-18,20-21,23H2,1-8H3,(H,46,50)/t25-,26+,27-,32-,33-,37+/m0/s1. The number of esters is 1. The molecular weight excluding hydrogens is 729 g/mol. The Balaban J connectivity index is 1.37. The van der Waals surface area contributed by atoms with Gasteiger partial charge in [-0.25, -0.2) is 10.4 Å². The average molecular weight is 785 g/mol. The predicted molar refractivity (Wildman–Crippen MR) is 217 cm³/mol. The quantitative estimate of drug-likeness (QED) is 0.182. The molecule has 0 spiro atoms. The Morgan fingerprint density at radius 3 is 2.68 bits per heavy atom. The first-order chi connectivity index (χ1) is 26.8. The molecule has 3 aliphatic rings. The second-order valence-electron chi connectivity index (χ2n) is 16.8. The molecule has 300 valence electrons. The number of pyridine rings is 1. The third-order valence-corrected chi connectivity index (χ3v) is 12.6. The molecule has 6 bridgehead atoms. The van der Waals surface area contributed by atoms with E-state index >= 15 is 0 Å². The molecule has 2 fully saturated rings. The molecule has 0 unspecified atom stereocenters. The van der Waals surface area contributed by atoms with Crippen LogP contribution in [0.5, 0.6) is 0 Å². The maximum atomic E-state index is 14.2. The van der Waals surface area contributed by atoms with Gasteiger partial charge in [-0.05, 0) is 81.7 Å². The summed E-state index contributed by atoms with van der Waals surface area (Å²) >= 11 is 1.48. The summed E-state index contributed by atoms with van der Waals surface area (Å²) in [4.78, 5) is 51.2. The van der Waals surface area contributed by atoms with Crippen molar-refractivity contribution in [3.8, 4) is 22.5 Å². The second-order valence-corrected chi connectivity index (χ2v) is 17.8. The third kappa shape index (κ3) is 8.27. The van der Waals surface area contributed by atoms with E-state index in [1.165, 1.54) is 16.3 Å². The van der Waals surface area contributed by atoms with Crippen molar-refractivity contribution in [2.45, 2.75) is 105 Å². The second kappa shape index (κ2) is 16.4. The summed E-state index contributed by atoms with van der Waals surface area (Å²) in [6.07, 6.45) is 3.60. The molecule has 5 heterocycles. The van der Waals surface area contributed by atoms with Crippen molar-refractivity contribution < 1.29 is 28.6 Å². The van der Waals surface area contributed by atoms with Crippen LogP contribution in [0.1, 0.15) is 83.7 Å². The van der Waals surface area contributed by atoms with Crippen molar-refractivity contribution >= 4 is 40.0 Å². The lowest BCUT2D eigenvalue weighted by Gasteiger charge is -2.35. The minimum absolute atomic E-state index is 0.0760. The van der Waals surface area contributed by atoms with Gasteiger partial charge < -0.3 is 24.1 Å².